The summed E-state index contributed by atoms with van der Waals surface area (Å²) in [5.41, 5.74) is 0.630. The van der Waals surface area contributed by atoms with E-state index in [2.05, 4.69) is 10.6 Å². The van der Waals surface area contributed by atoms with E-state index < -0.39 is 17.7 Å². The van der Waals surface area contributed by atoms with E-state index in [0.29, 0.717) is 24.2 Å². The maximum absolute atomic E-state index is 13.4. The van der Waals surface area contributed by atoms with Gasteiger partial charge in [0.15, 0.2) is 0 Å². The molecular formula is C20H20F4N2O. The fourth-order valence-electron chi connectivity index (χ4n) is 3.40. The molecule has 3 unspecified atom stereocenters. The molecule has 0 spiro atoms. The number of hydrogen-bond acceptors (Lipinski definition) is 2. The lowest BCUT2D eigenvalue weighted by atomic mass is 9.87. The summed E-state index contributed by atoms with van der Waals surface area (Å²) >= 11 is 0. The van der Waals surface area contributed by atoms with Gasteiger partial charge in [0.2, 0.25) is 5.91 Å². The second-order valence-electron chi connectivity index (χ2n) is 6.78. The average Bonchev–Trinajstić information content (AvgIpc) is 3.11. The molecule has 1 heterocycles. The molecular weight excluding hydrogens is 360 g/mol. The van der Waals surface area contributed by atoms with Crippen molar-refractivity contribution in [2.45, 2.75) is 25.1 Å². The van der Waals surface area contributed by atoms with Crippen LogP contribution in [0.1, 0.15) is 35.6 Å². The van der Waals surface area contributed by atoms with Gasteiger partial charge in [-0.1, -0.05) is 24.3 Å². The summed E-state index contributed by atoms with van der Waals surface area (Å²) in [7, 11) is 0. The van der Waals surface area contributed by atoms with Gasteiger partial charge < -0.3 is 10.6 Å². The summed E-state index contributed by atoms with van der Waals surface area (Å²) in [6, 6.07) is 10.6. The van der Waals surface area contributed by atoms with Crippen LogP contribution in [-0.4, -0.2) is 19.0 Å². The lowest BCUT2D eigenvalue weighted by Crippen LogP contribution is -2.36. The third kappa shape index (κ3) is 4.47. The highest BCUT2D eigenvalue weighted by atomic mass is 19.4. The highest BCUT2D eigenvalue weighted by Gasteiger charge is 2.35. The molecule has 27 heavy (non-hydrogen) atoms. The molecule has 0 radical (unpaired) electrons. The Morgan fingerprint density at radius 1 is 1.15 bits per heavy atom. The van der Waals surface area contributed by atoms with Crippen LogP contribution >= 0.6 is 0 Å². The zero-order valence-corrected chi connectivity index (χ0v) is 14.7. The largest absolute Gasteiger partial charge is 0.416 e. The molecule has 1 fully saturated rings. The van der Waals surface area contributed by atoms with E-state index in [-0.39, 0.29) is 23.7 Å². The summed E-state index contributed by atoms with van der Waals surface area (Å²) in [5.74, 6) is -1.20. The van der Waals surface area contributed by atoms with E-state index in [1.807, 2.05) is 0 Å². The maximum Gasteiger partial charge on any atom is 0.416 e. The molecule has 1 saturated heterocycles. The first-order valence-electron chi connectivity index (χ1n) is 8.69. The van der Waals surface area contributed by atoms with Gasteiger partial charge in [-0.25, -0.2) is 4.39 Å². The van der Waals surface area contributed by atoms with Crippen molar-refractivity contribution in [3.63, 3.8) is 0 Å². The van der Waals surface area contributed by atoms with Crippen molar-refractivity contribution in [2.24, 2.45) is 5.92 Å². The Balaban J connectivity index is 1.71. The maximum atomic E-state index is 13.4. The first-order chi connectivity index (χ1) is 12.8. The van der Waals surface area contributed by atoms with Gasteiger partial charge >= 0.3 is 6.18 Å². The molecule has 7 heteroatoms. The zero-order valence-electron chi connectivity index (χ0n) is 14.7. The highest BCUT2D eigenvalue weighted by Crippen LogP contribution is 2.33. The van der Waals surface area contributed by atoms with E-state index in [0.717, 1.165) is 12.1 Å². The quantitative estimate of drug-likeness (QED) is 0.787. The Labute approximate surface area is 154 Å². The standard InChI is InChI=1S/C20H20F4N2O/c1-12(14-3-2-4-16(21)9-14)26-19(27)18-11-25-10-17(18)13-5-7-15(8-6-13)20(22,23)24/h2-9,12,17-18,25H,10-11H2,1H3,(H,26,27). The summed E-state index contributed by atoms with van der Waals surface area (Å²) in [6.07, 6.45) is -4.39. The van der Waals surface area contributed by atoms with Gasteiger partial charge in [0, 0.05) is 19.0 Å². The van der Waals surface area contributed by atoms with Crippen molar-refractivity contribution in [1.29, 1.82) is 0 Å². The van der Waals surface area contributed by atoms with Crippen LogP contribution < -0.4 is 10.6 Å². The first-order valence-corrected chi connectivity index (χ1v) is 8.69. The SMILES string of the molecule is CC(NC(=O)C1CNCC1c1ccc(C(F)(F)F)cc1)c1cccc(F)c1. The van der Waals surface area contributed by atoms with Gasteiger partial charge in [0.1, 0.15) is 5.82 Å². The van der Waals surface area contributed by atoms with Crippen LogP contribution in [0.2, 0.25) is 0 Å². The number of alkyl halides is 3. The van der Waals surface area contributed by atoms with E-state index in [4.69, 9.17) is 0 Å². The number of amides is 1. The number of carbonyl (C=O) groups is 1. The van der Waals surface area contributed by atoms with Crippen molar-refractivity contribution in [2.75, 3.05) is 13.1 Å². The Kier molecular flexibility index (Phi) is 5.51. The van der Waals surface area contributed by atoms with Gasteiger partial charge in [-0.3, -0.25) is 4.79 Å². The van der Waals surface area contributed by atoms with Gasteiger partial charge in [0.25, 0.3) is 0 Å². The van der Waals surface area contributed by atoms with Gasteiger partial charge in [-0.2, -0.15) is 13.2 Å². The molecule has 144 valence electrons. The number of benzene rings is 2. The second-order valence-corrected chi connectivity index (χ2v) is 6.78. The zero-order chi connectivity index (χ0) is 19.6. The minimum absolute atomic E-state index is 0.207. The molecule has 0 saturated carbocycles. The van der Waals surface area contributed by atoms with Gasteiger partial charge in [-0.15, -0.1) is 0 Å². The van der Waals surface area contributed by atoms with E-state index in [9.17, 15) is 22.4 Å². The Bertz CT molecular complexity index is 804. The predicted molar refractivity (Wildman–Crippen MR) is 93.5 cm³/mol. The van der Waals surface area contributed by atoms with Crippen LogP contribution in [0.5, 0.6) is 0 Å². The molecule has 2 aromatic carbocycles. The summed E-state index contributed by atoms with van der Waals surface area (Å²) < 4.78 is 51.6. The monoisotopic (exact) mass is 380 g/mol. The normalized spacial score (nSPS) is 21.1. The van der Waals surface area contributed by atoms with Crippen LogP contribution in [-0.2, 0) is 11.0 Å². The molecule has 3 nitrogen and oxygen atoms in total. The summed E-state index contributed by atoms with van der Waals surface area (Å²) in [5, 5.41) is 6.00. The number of rotatable bonds is 4. The van der Waals surface area contributed by atoms with Gasteiger partial charge in [-0.05, 0) is 42.3 Å². The molecule has 1 aliphatic rings. The van der Waals surface area contributed by atoms with Crippen LogP contribution in [0.3, 0.4) is 0 Å². The summed E-state index contributed by atoms with van der Waals surface area (Å²) in [4.78, 5) is 12.7. The topological polar surface area (TPSA) is 41.1 Å². The molecule has 1 amide bonds. The average molecular weight is 380 g/mol. The van der Waals surface area contributed by atoms with Crippen molar-refractivity contribution in [3.8, 4) is 0 Å². The molecule has 2 N–H and O–H groups in total. The molecule has 2 aromatic rings. The third-order valence-corrected chi connectivity index (χ3v) is 4.92. The Morgan fingerprint density at radius 2 is 1.85 bits per heavy atom. The Hall–Kier alpha value is -2.41. The van der Waals surface area contributed by atoms with Crippen molar-refractivity contribution < 1.29 is 22.4 Å². The lowest BCUT2D eigenvalue weighted by molar-refractivity contribution is -0.137. The number of nitrogens with one attached hydrogen (secondary N) is 2. The van der Waals surface area contributed by atoms with Crippen molar-refractivity contribution >= 4 is 5.91 Å². The van der Waals surface area contributed by atoms with Crippen LogP contribution in [0.4, 0.5) is 17.6 Å². The molecule has 3 rings (SSSR count). The fraction of sp³-hybridized carbons (Fsp3) is 0.350. The van der Waals surface area contributed by atoms with E-state index in [1.165, 1.54) is 24.3 Å². The van der Waals surface area contributed by atoms with Crippen molar-refractivity contribution in [1.82, 2.24) is 10.6 Å². The van der Waals surface area contributed by atoms with E-state index in [1.54, 1.807) is 19.1 Å². The minimum atomic E-state index is -4.39. The minimum Gasteiger partial charge on any atom is -0.349 e. The van der Waals surface area contributed by atoms with Crippen LogP contribution in [0, 0.1) is 11.7 Å². The highest BCUT2D eigenvalue weighted by molar-refractivity contribution is 5.81. The van der Waals surface area contributed by atoms with Crippen LogP contribution in [0.15, 0.2) is 48.5 Å². The lowest BCUT2D eigenvalue weighted by Gasteiger charge is -2.22. The predicted octanol–water partition coefficient (Wildman–Crippen LogP) is 4.02. The summed E-state index contributed by atoms with van der Waals surface area (Å²) in [6.45, 7) is 2.72. The fourth-order valence-corrected chi connectivity index (χ4v) is 3.40. The smallest absolute Gasteiger partial charge is 0.349 e. The van der Waals surface area contributed by atoms with Crippen LogP contribution in [0.25, 0.3) is 0 Å². The van der Waals surface area contributed by atoms with Crippen molar-refractivity contribution in [3.05, 3.63) is 71.0 Å². The Morgan fingerprint density at radius 3 is 2.48 bits per heavy atom. The molecule has 1 aliphatic heterocycles. The molecule has 0 aromatic heterocycles. The molecule has 0 aliphatic carbocycles. The first kappa shape index (κ1) is 19.4. The number of halogens is 4. The second kappa shape index (κ2) is 7.68. The molecule has 3 atom stereocenters. The van der Waals surface area contributed by atoms with E-state index >= 15 is 0 Å². The third-order valence-electron chi connectivity index (χ3n) is 4.92. The number of carbonyl (C=O) groups excluding carboxylic acids is 1. The van der Waals surface area contributed by atoms with Gasteiger partial charge in [0.05, 0.1) is 17.5 Å². The number of hydrogen-bond donors (Lipinski definition) is 2. The molecule has 0 bridgehead atoms.